The van der Waals surface area contributed by atoms with Crippen LogP contribution in [0.3, 0.4) is 0 Å². The number of nitrogens with one attached hydrogen (secondary N) is 2. The van der Waals surface area contributed by atoms with Gasteiger partial charge < -0.3 is 14.8 Å². The van der Waals surface area contributed by atoms with Crippen molar-refractivity contribution in [1.82, 2.24) is 10.7 Å². The van der Waals surface area contributed by atoms with E-state index in [0.29, 0.717) is 12.2 Å². The predicted octanol–water partition coefficient (Wildman–Crippen LogP) is 3.68. The second-order valence-corrected chi connectivity index (χ2v) is 8.22. The Morgan fingerprint density at radius 2 is 1.75 bits per heavy atom. The largest absolute Gasteiger partial charge is 0.496 e. The number of rotatable bonds is 10. The van der Waals surface area contributed by atoms with Gasteiger partial charge in [-0.25, -0.2) is 5.43 Å². The minimum Gasteiger partial charge on any atom is -0.496 e. The average Bonchev–Trinajstić information content (AvgIpc) is 2.73. The predicted molar refractivity (Wildman–Crippen MR) is 126 cm³/mol. The minimum atomic E-state index is -0.714. The average molecular weight is 440 g/mol. The first-order chi connectivity index (χ1) is 15.2. The van der Waals surface area contributed by atoms with Crippen LogP contribution in [0.2, 0.25) is 0 Å². The van der Waals surface area contributed by atoms with Crippen LogP contribution in [-0.4, -0.2) is 37.8 Å². The molecule has 0 spiro atoms. The van der Waals surface area contributed by atoms with Gasteiger partial charge in [0.2, 0.25) is 0 Å². The lowest BCUT2D eigenvalue weighted by Gasteiger charge is -2.19. The molecule has 2 amide bonds. The molecule has 0 saturated carbocycles. The van der Waals surface area contributed by atoms with Crippen molar-refractivity contribution in [1.29, 1.82) is 0 Å². The van der Waals surface area contributed by atoms with E-state index in [2.05, 4.69) is 15.8 Å². The maximum atomic E-state index is 12.7. The third-order valence-corrected chi connectivity index (χ3v) is 4.94. The second-order valence-electron chi connectivity index (χ2n) is 8.22. The lowest BCUT2D eigenvalue weighted by Crippen LogP contribution is -2.47. The molecule has 0 aliphatic heterocycles. The van der Waals surface area contributed by atoms with Gasteiger partial charge in [0.15, 0.2) is 6.61 Å². The first kappa shape index (κ1) is 24.9. The molecule has 0 unspecified atom stereocenters. The standard InChI is InChI=1S/C25H33N3O4/c1-16(2)12-21(27-23(29)15-32-24-18(4)8-7-9-19(24)5)25(30)28-26-14-20-11-10-17(3)22(13-20)31-6/h7-11,13-14,16,21H,12,15H2,1-6H3,(H,27,29)(H,28,30)/b26-14-/t21-/m1/s1. The molecule has 0 radical (unpaired) electrons. The van der Waals surface area contributed by atoms with E-state index in [-0.39, 0.29) is 24.3 Å². The fourth-order valence-corrected chi connectivity index (χ4v) is 3.27. The highest BCUT2D eigenvalue weighted by Gasteiger charge is 2.22. The molecule has 0 heterocycles. The first-order valence-corrected chi connectivity index (χ1v) is 10.7. The van der Waals surface area contributed by atoms with Crippen LogP contribution in [0, 0.1) is 26.7 Å². The molecule has 2 rings (SSSR count). The van der Waals surface area contributed by atoms with Gasteiger partial charge in [-0.05, 0) is 61.4 Å². The zero-order valence-electron chi connectivity index (χ0n) is 19.7. The number of carbonyl (C=O) groups is 2. The molecular formula is C25H33N3O4. The molecule has 2 N–H and O–H groups in total. The van der Waals surface area contributed by atoms with E-state index in [4.69, 9.17) is 9.47 Å². The fraction of sp³-hybridized carbons (Fsp3) is 0.400. The van der Waals surface area contributed by atoms with Gasteiger partial charge in [-0.2, -0.15) is 5.10 Å². The van der Waals surface area contributed by atoms with Gasteiger partial charge in [0.25, 0.3) is 11.8 Å². The number of hydrogen-bond acceptors (Lipinski definition) is 5. The summed E-state index contributed by atoms with van der Waals surface area (Å²) in [7, 11) is 1.61. The molecule has 1 atom stereocenters. The highest BCUT2D eigenvalue weighted by molar-refractivity contribution is 5.89. The van der Waals surface area contributed by atoms with E-state index in [1.165, 1.54) is 6.21 Å². The molecule has 2 aromatic rings. The van der Waals surface area contributed by atoms with Crippen molar-refractivity contribution in [2.24, 2.45) is 11.0 Å². The number of ether oxygens (including phenoxy) is 2. The Morgan fingerprint density at radius 1 is 1.06 bits per heavy atom. The van der Waals surface area contributed by atoms with Crippen LogP contribution in [0.5, 0.6) is 11.5 Å². The van der Waals surface area contributed by atoms with E-state index in [9.17, 15) is 9.59 Å². The molecule has 2 aromatic carbocycles. The lowest BCUT2D eigenvalue weighted by atomic mass is 10.0. The Hall–Kier alpha value is -3.35. The summed E-state index contributed by atoms with van der Waals surface area (Å²) in [6.45, 7) is 9.61. The summed E-state index contributed by atoms with van der Waals surface area (Å²) in [5.74, 6) is 0.894. The summed E-state index contributed by atoms with van der Waals surface area (Å²) in [5.41, 5.74) is 6.23. The number of aryl methyl sites for hydroxylation is 3. The van der Waals surface area contributed by atoms with E-state index in [1.807, 2.05) is 71.0 Å². The summed E-state index contributed by atoms with van der Waals surface area (Å²) in [6, 6.07) is 10.7. The van der Waals surface area contributed by atoms with Gasteiger partial charge in [0.05, 0.1) is 13.3 Å². The van der Waals surface area contributed by atoms with Crippen molar-refractivity contribution in [2.45, 2.75) is 47.1 Å². The first-order valence-electron chi connectivity index (χ1n) is 10.7. The molecule has 7 nitrogen and oxygen atoms in total. The third kappa shape index (κ3) is 7.41. The summed E-state index contributed by atoms with van der Waals surface area (Å²) < 4.78 is 11.0. The van der Waals surface area contributed by atoms with Crippen molar-refractivity contribution in [2.75, 3.05) is 13.7 Å². The molecule has 0 bridgehead atoms. The van der Waals surface area contributed by atoms with E-state index in [1.54, 1.807) is 7.11 Å². The number of benzene rings is 2. The van der Waals surface area contributed by atoms with Crippen molar-refractivity contribution in [3.05, 3.63) is 58.7 Å². The Balaban J connectivity index is 1.97. The van der Waals surface area contributed by atoms with Crippen LogP contribution in [0.1, 0.15) is 42.5 Å². The van der Waals surface area contributed by atoms with E-state index >= 15 is 0 Å². The number of nitrogens with zero attached hydrogens (tertiary/aromatic N) is 1. The maximum absolute atomic E-state index is 12.7. The normalized spacial score (nSPS) is 12.0. The van der Waals surface area contributed by atoms with Crippen molar-refractivity contribution in [3.8, 4) is 11.5 Å². The zero-order valence-corrected chi connectivity index (χ0v) is 19.7. The van der Waals surface area contributed by atoms with Gasteiger partial charge in [-0.3, -0.25) is 9.59 Å². The Morgan fingerprint density at radius 3 is 2.38 bits per heavy atom. The van der Waals surface area contributed by atoms with Gasteiger partial charge in [0, 0.05) is 0 Å². The number of hydrazone groups is 1. The summed E-state index contributed by atoms with van der Waals surface area (Å²) in [5, 5.41) is 6.80. The van der Waals surface area contributed by atoms with Crippen LogP contribution in [0.15, 0.2) is 41.5 Å². The third-order valence-electron chi connectivity index (χ3n) is 4.94. The Labute approximate surface area is 190 Å². The zero-order chi connectivity index (χ0) is 23.7. The minimum absolute atomic E-state index is 0.167. The number of hydrogen-bond donors (Lipinski definition) is 2. The highest BCUT2D eigenvalue weighted by Crippen LogP contribution is 2.22. The smallest absolute Gasteiger partial charge is 0.262 e. The monoisotopic (exact) mass is 439 g/mol. The molecule has 0 aliphatic carbocycles. The number of carbonyl (C=O) groups excluding carboxylic acids is 2. The van der Waals surface area contributed by atoms with Gasteiger partial charge in [-0.1, -0.05) is 44.2 Å². The summed E-state index contributed by atoms with van der Waals surface area (Å²) >= 11 is 0. The van der Waals surface area contributed by atoms with Crippen LogP contribution >= 0.6 is 0 Å². The van der Waals surface area contributed by atoms with Gasteiger partial charge in [-0.15, -0.1) is 0 Å². The molecule has 7 heteroatoms. The van der Waals surface area contributed by atoms with Crippen molar-refractivity contribution in [3.63, 3.8) is 0 Å². The molecule has 0 aromatic heterocycles. The maximum Gasteiger partial charge on any atom is 0.262 e. The number of para-hydroxylation sites is 1. The molecule has 0 saturated heterocycles. The molecule has 32 heavy (non-hydrogen) atoms. The van der Waals surface area contributed by atoms with Gasteiger partial charge in [0.1, 0.15) is 17.5 Å². The fourth-order valence-electron chi connectivity index (χ4n) is 3.27. The summed E-state index contributed by atoms with van der Waals surface area (Å²) in [4.78, 5) is 25.1. The topological polar surface area (TPSA) is 89.0 Å². The van der Waals surface area contributed by atoms with E-state index in [0.717, 1.165) is 28.0 Å². The highest BCUT2D eigenvalue weighted by atomic mass is 16.5. The molecule has 0 aliphatic rings. The van der Waals surface area contributed by atoms with Crippen molar-refractivity contribution < 1.29 is 19.1 Å². The SMILES string of the molecule is COc1cc(/C=N\NC(=O)[C@@H](CC(C)C)NC(=O)COc2c(C)cccc2C)ccc1C. The van der Waals surface area contributed by atoms with Crippen LogP contribution in [0.4, 0.5) is 0 Å². The number of methoxy groups -OCH3 is 1. The van der Waals surface area contributed by atoms with Gasteiger partial charge >= 0.3 is 0 Å². The van der Waals surface area contributed by atoms with E-state index < -0.39 is 6.04 Å². The Kier molecular flexibility index (Phi) is 9.25. The number of amides is 2. The molecular weight excluding hydrogens is 406 g/mol. The second kappa shape index (κ2) is 11.9. The molecule has 0 fully saturated rings. The van der Waals surface area contributed by atoms with Crippen LogP contribution < -0.4 is 20.2 Å². The summed E-state index contributed by atoms with van der Waals surface area (Å²) in [6.07, 6.45) is 2.02. The quantitative estimate of drug-likeness (QED) is 0.437. The lowest BCUT2D eigenvalue weighted by molar-refractivity contribution is -0.130. The Bertz CT molecular complexity index is 949. The van der Waals surface area contributed by atoms with Crippen LogP contribution in [-0.2, 0) is 9.59 Å². The van der Waals surface area contributed by atoms with Crippen molar-refractivity contribution >= 4 is 18.0 Å². The van der Waals surface area contributed by atoms with Crippen LogP contribution in [0.25, 0.3) is 0 Å². The molecule has 172 valence electrons.